The first kappa shape index (κ1) is 16.7. The summed E-state index contributed by atoms with van der Waals surface area (Å²) in [6.45, 7) is 5.39. The van der Waals surface area contributed by atoms with E-state index in [2.05, 4.69) is 15.5 Å². The first-order valence-electron chi connectivity index (χ1n) is 8.51. The number of hydrogen-bond acceptors (Lipinski definition) is 5. The summed E-state index contributed by atoms with van der Waals surface area (Å²) < 4.78 is 5.56. The predicted molar refractivity (Wildman–Crippen MR) is 84.6 cm³/mol. The second kappa shape index (κ2) is 6.41. The number of carboxylic acids is 1. The van der Waals surface area contributed by atoms with E-state index in [1.807, 2.05) is 13.8 Å². The van der Waals surface area contributed by atoms with E-state index in [-0.39, 0.29) is 30.3 Å². The molecule has 1 aliphatic carbocycles. The number of nitrogens with zero attached hydrogens (tertiary/aromatic N) is 3. The van der Waals surface area contributed by atoms with Crippen LogP contribution in [0.4, 0.5) is 4.79 Å². The Bertz CT molecular complexity index is 629. The SMILES string of the molecule is CC(C)c1noc([C@@]23CCC[C@@H]2CN(C(=O)NCCC(=O)O)C3)n1. The number of hydrogen-bond donors (Lipinski definition) is 2. The van der Waals surface area contributed by atoms with Gasteiger partial charge in [0.15, 0.2) is 5.82 Å². The summed E-state index contributed by atoms with van der Waals surface area (Å²) in [5.41, 5.74) is -0.246. The van der Waals surface area contributed by atoms with Gasteiger partial charge in [-0.05, 0) is 18.8 Å². The lowest BCUT2D eigenvalue weighted by atomic mass is 9.80. The van der Waals surface area contributed by atoms with E-state index < -0.39 is 5.97 Å². The molecule has 24 heavy (non-hydrogen) atoms. The number of aromatic nitrogens is 2. The minimum Gasteiger partial charge on any atom is -0.481 e. The van der Waals surface area contributed by atoms with Gasteiger partial charge in [-0.15, -0.1) is 0 Å². The van der Waals surface area contributed by atoms with Crippen molar-refractivity contribution in [2.45, 2.75) is 50.9 Å². The van der Waals surface area contributed by atoms with Gasteiger partial charge < -0.3 is 19.8 Å². The van der Waals surface area contributed by atoms with Crippen LogP contribution in [0, 0.1) is 5.92 Å². The number of likely N-dealkylation sites (tertiary alicyclic amines) is 1. The summed E-state index contributed by atoms with van der Waals surface area (Å²) in [7, 11) is 0. The molecule has 2 heterocycles. The van der Waals surface area contributed by atoms with Crippen molar-refractivity contribution in [1.29, 1.82) is 0 Å². The molecule has 2 aliphatic rings. The van der Waals surface area contributed by atoms with Crippen LogP contribution < -0.4 is 5.32 Å². The van der Waals surface area contributed by atoms with Gasteiger partial charge in [0.2, 0.25) is 5.89 Å². The van der Waals surface area contributed by atoms with Crippen LogP contribution in [0.2, 0.25) is 0 Å². The highest BCUT2D eigenvalue weighted by Crippen LogP contribution is 2.50. The van der Waals surface area contributed by atoms with Gasteiger partial charge >= 0.3 is 12.0 Å². The molecule has 2 amide bonds. The highest BCUT2D eigenvalue weighted by molar-refractivity contribution is 5.76. The fourth-order valence-electron chi connectivity index (χ4n) is 3.85. The van der Waals surface area contributed by atoms with E-state index in [9.17, 15) is 9.59 Å². The molecule has 2 atom stereocenters. The second-order valence-electron chi connectivity index (χ2n) is 7.11. The van der Waals surface area contributed by atoms with Crippen molar-refractivity contribution >= 4 is 12.0 Å². The highest BCUT2D eigenvalue weighted by Gasteiger charge is 2.55. The van der Waals surface area contributed by atoms with Crippen molar-refractivity contribution in [3.8, 4) is 0 Å². The summed E-state index contributed by atoms with van der Waals surface area (Å²) in [5.74, 6) is 0.958. The molecule has 0 unspecified atom stereocenters. The van der Waals surface area contributed by atoms with E-state index in [4.69, 9.17) is 9.63 Å². The van der Waals surface area contributed by atoms with Crippen LogP contribution in [0.3, 0.4) is 0 Å². The van der Waals surface area contributed by atoms with E-state index >= 15 is 0 Å². The lowest BCUT2D eigenvalue weighted by molar-refractivity contribution is -0.136. The molecule has 1 aromatic heterocycles. The largest absolute Gasteiger partial charge is 0.481 e. The third kappa shape index (κ3) is 2.97. The molecule has 3 rings (SSSR count). The van der Waals surface area contributed by atoms with Crippen molar-refractivity contribution in [2.24, 2.45) is 5.92 Å². The monoisotopic (exact) mass is 336 g/mol. The molecule has 8 heteroatoms. The Morgan fingerprint density at radius 3 is 2.96 bits per heavy atom. The van der Waals surface area contributed by atoms with Crippen LogP contribution in [0.25, 0.3) is 0 Å². The van der Waals surface area contributed by atoms with Crippen LogP contribution in [0.15, 0.2) is 4.52 Å². The molecule has 132 valence electrons. The second-order valence-corrected chi connectivity index (χ2v) is 7.11. The number of aliphatic carboxylic acids is 1. The highest BCUT2D eigenvalue weighted by atomic mass is 16.5. The number of carbonyl (C=O) groups excluding carboxylic acids is 1. The number of carbonyl (C=O) groups is 2. The molecule has 0 bridgehead atoms. The maximum atomic E-state index is 12.3. The molecular weight excluding hydrogens is 312 g/mol. The first-order valence-corrected chi connectivity index (χ1v) is 8.51. The van der Waals surface area contributed by atoms with Crippen LogP contribution in [-0.2, 0) is 10.2 Å². The summed E-state index contributed by atoms with van der Waals surface area (Å²) >= 11 is 0. The average molecular weight is 336 g/mol. The molecule has 2 N–H and O–H groups in total. The van der Waals surface area contributed by atoms with Gasteiger partial charge in [0, 0.05) is 25.6 Å². The zero-order valence-corrected chi connectivity index (χ0v) is 14.1. The number of amides is 2. The quantitative estimate of drug-likeness (QED) is 0.847. The van der Waals surface area contributed by atoms with Crippen molar-refractivity contribution in [2.75, 3.05) is 19.6 Å². The molecule has 0 spiro atoms. The Kier molecular flexibility index (Phi) is 4.47. The summed E-state index contributed by atoms with van der Waals surface area (Å²) in [4.78, 5) is 29.2. The van der Waals surface area contributed by atoms with Crippen molar-refractivity contribution < 1.29 is 19.2 Å². The average Bonchev–Trinajstić information content (AvgIpc) is 3.19. The van der Waals surface area contributed by atoms with Gasteiger partial charge in [0.25, 0.3) is 0 Å². The molecule has 2 fully saturated rings. The van der Waals surface area contributed by atoms with Gasteiger partial charge in [-0.2, -0.15) is 4.98 Å². The van der Waals surface area contributed by atoms with Gasteiger partial charge in [-0.1, -0.05) is 25.4 Å². The van der Waals surface area contributed by atoms with Gasteiger partial charge in [0.05, 0.1) is 11.8 Å². The Morgan fingerprint density at radius 1 is 1.50 bits per heavy atom. The number of carboxylic acid groups (broad SMARTS) is 1. The Hall–Kier alpha value is -2.12. The zero-order chi connectivity index (χ0) is 17.3. The van der Waals surface area contributed by atoms with Crippen molar-refractivity contribution in [1.82, 2.24) is 20.4 Å². The normalized spacial score (nSPS) is 26.0. The third-order valence-corrected chi connectivity index (χ3v) is 5.16. The smallest absolute Gasteiger partial charge is 0.317 e. The maximum absolute atomic E-state index is 12.3. The van der Waals surface area contributed by atoms with Crippen LogP contribution >= 0.6 is 0 Å². The minimum absolute atomic E-state index is 0.0738. The molecule has 1 aliphatic heterocycles. The summed E-state index contributed by atoms with van der Waals surface area (Å²) in [6, 6.07) is -0.214. The van der Waals surface area contributed by atoms with E-state index in [1.165, 1.54) is 0 Å². The van der Waals surface area contributed by atoms with Gasteiger partial charge in [-0.3, -0.25) is 4.79 Å². The van der Waals surface area contributed by atoms with Crippen molar-refractivity contribution in [3.05, 3.63) is 11.7 Å². The lowest BCUT2D eigenvalue weighted by Crippen LogP contribution is -2.41. The Morgan fingerprint density at radius 2 is 2.29 bits per heavy atom. The van der Waals surface area contributed by atoms with E-state index in [1.54, 1.807) is 4.90 Å². The van der Waals surface area contributed by atoms with Gasteiger partial charge in [0.1, 0.15) is 0 Å². The molecule has 1 aromatic rings. The predicted octanol–water partition coefficient (Wildman–Crippen LogP) is 1.73. The third-order valence-electron chi connectivity index (χ3n) is 5.16. The summed E-state index contributed by atoms with van der Waals surface area (Å²) in [6.07, 6.45) is 3.00. The molecule has 0 radical (unpaired) electrons. The first-order chi connectivity index (χ1) is 11.4. The van der Waals surface area contributed by atoms with E-state index in [0.29, 0.717) is 30.7 Å². The fourth-order valence-corrected chi connectivity index (χ4v) is 3.85. The molecule has 1 saturated heterocycles. The minimum atomic E-state index is -0.919. The summed E-state index contributed by atoms with van der Waals surface area (Å²) in [5, 5.41) is 15.4. The van der Waals surface area contributed by atoms with Crippen LogP contribution in [0.1, 0.15) is 57.2 Å². The molecular formula is C16H24N4O4. The molecule has 8 nitrogen and oxygen atoms in total. The topological polar surface area (TPSA) is 109 Å². The molecule has 0 aromatic carbocycles. The molecule has 1 saturated carbocycles. The van der Waals surface area contributed by atoms with Crippen LogP contribution in [-0.4, -0.2) is 51.8 Å². The standard InChI is InChI=1S/C16H24N4O4/c1-10(2)13-18-14(24-19-13)16-6-3-4-11(16)8-20(9-16)15(23)17-7-5-12(21)22/h10-11H,3-9H2,1-2H3,(H,17,23)(H,21,22)/t11-,16-/m1/s1. The zero-order valence-electron chi connectivity index (χ0n) is 14.1. The fraction of sp³-hybridized carbons (Fsp3) is 0.750. The Balaban J connectivity index is 1.71. The maximum Gasteiger partial charge on any atom is 0.317 e. The van der Waals surface area contributed by atoms with E-state index in [0.717, 1.165) is 19.3 Å². The number of urea groups is 1. The number of rotatable bonds is 5. The Labute approximate surface area is 140 Å². The number of fused-ring (bicyclic) bond motifs is 1. The number of nitrogens with one attached hydrogen (secondary N) is 1. The van der Waals surface area contributed by atoms with Crippen LogP contribution in [0.5, 0.6) is 0 Å². The van der Waals surface area contributed by atoms with Crippen molar-refractivity contribution in [3.63, 3.8) is 0 Å². The lowest BCUT2D eigenvalue weighted by Gasteiger charge is -2.24. The van der Waals surface area contributed by atoms with Gasteiger partial charge in [-0.25, -0.2) is 4.79 Å².